The predicted molar refractivity (Wildman–Crippen MR) is 76.5 cm³/mol. The van der Waals surface area contributed by atoms with Gasteiger partial charge in [0.1, 0.15) is 0 Å². The highest BCUT2D eigenvalue weighted by molar-refractivity contribution is 5.94. The summed E-state index contributed by atoms with van der Waals surface area (Å²) < 4.78 is 0. The molecule has 106 valence electrons. The average Bonchev–Trinajstić information content (AvgIpc) is 2.48. The van der Waals surface area contributed by atoms with Crippen molar-refractivity contribution in [2.24, 2.45) is 5.92 Å². The van der Waals surface area contributed by atoms with Gasteiger partial charge >= 0.3 is 5.97 Å². The van der Waals surface area contributed by atoms with Crippen LogP contribution in [0.3, 0.4) is 0 Å². The van der Waals surface area contributed by atoms with E-state index in [4.69, 9.17) is 5.11 Å². The van der Waals surface area contributed by atoms with Crippen molar-refractivity contribution in [3.05, 3.63) is 47.5 Å². The molecule has 2 rings (SSSR count). The minimum Gasteiger partial charge on any atom is -0.481 e. The molecule has 0 saturated heterocycles. The second kappa shape index (κ2) is 6.37. The molecule has 0 saturated carbocycles. The van der Waals surface area contributed by atoms with Gasteiger partial charge in [-0.25, -0.2) is 0 Å². The van der Waals surface area contributed by atoms with Gasteiger partial charge in [-0.05, 0) is 25.0 Å². The van der Waals surface area contributed by atoms with E-state index in [0.29, 0.717) is 31.5 Å². The largest absolute Gasteiger partial charge is 0.481 e. The molecule has 1 heterocycles. The molecular formula is C16H19NO3. The summed E-state index contributed by atoms with van der Waals surface area (Å²) in [6.07, 6.45) is 3.13. The molecule has 20 heavy (non-hydrogen) atoms. The third-order valence-electron chi connectivity index (χ3n) is 3.71. The van der Waals surface area contributed by atoms with E-state index in [1.165, 1.54) is 0 Å². The van der Waals surface area contributed by atoms with Gasteiger partial charge in [0.15, 0.2) is 0 Å². The van der Waals surface area contributed by atoms with Crippen molar-refractivity contribution in [1.29, 1.82) is 0 Å². The number of aliphatic carboxylic acids is 1. The van der Waals surface area contributed by atoms with Gasteiger partial charge in [-0.15, -0.1) is 0 Å². The number of hydrogen-bond donors (Lipinski definition) is 1. The molecule has 0 spiro atoms. The van der Waals surface area contributed by atoms with E-state index in [9.17, 15) is 9.59 Å². The molecule has 1 aromatic carbocycles. The summed E-state index contributed by atoms with van der Waals surface area (Å²) in [6, 6.07) is 9.16. The van der Waals surface area contributed by atoms with Crippen molar-refractivity contribution >= 4 is 11.9 Å². The predicted octanol–water partition coefficient (Wildman–Crippen LogP) is 2.57. The number of nitrogens with zero attached hydrogens (tertiary/aromatic N) is 1. The lowest BCUT2D eigenvalue weighted by Gasteiger charge is -2.28. The fourth-order valence-electron chi connectivity index (χ4n) is 2.54. The minimum absolute atomic E-state index is 0.00396. The molecule has 4 nitrogen and oxygen atoms in total. The number of hydrogen-bond acceptors (Lipinski definition) is 2. The second-order valence-electron chi connectivity index (χ2n) is 4.95. The summed E-state index contributed by atoms with van der Waals surface area (Å²) in [5.41, 5.74) is 1.62. The lowest BCUT2D eigenvalue weighted by molar-refractivity contribution is -0.140. The first-order valence-electron chi connectivity index (χ1n) is 6.89. The van der Waals surface area contributed by atoms with Gasteiger partial charge in [0.2, 0.25) is 0 Å². The number of carbonyl (C=O) groups excluding carboxylic acids is 1. The molecule has 1 N–H and O–H groups in total. The van der Waals surface area contributed by atoms with Crippen molar-refractivity contribution < 1.29 is 14.7 Å². The maximum Gasteiger partial charge on any atom is 0.310 e. The zero-order valence-electron chi connectivity index (χ0n) is 11.6. The first-order chi connectivity index (χ1) is 9.63. The van der Waals surface area contributed by atoms with Crippen LogP contribution < -0.4 is 0 Å². The standard InChI is InChI=1S/C16H19NO3/c1-2-14(16(19)20)12-8-10-17(11-9-12)15(18)13-6-4-3-5-7-13/h3-8,14H,2,9-11H2,1H3,(H,19,20). The third-order valence-corrected chi connectivity index (χ3v) is 3.71. The molecule has 0 aliphatic carbocycles. The molecule has 1 aliphatic heterocycles. The van der Waals surface area contributed by atoms with E-state index >= 15 is 0 Å². The first kappa shape index (κ1) is 14.3. The van der Waals surface area contributed by atoms with Crippen LogP contribution in [0.2, 0.25) is 0 Å². The normalized spacial score (nSPS) is 16.4. The lowest BCUT2D eigenvalue weighted by atomic mass is 9.91. The summed E-state index contributed by atoms with van der Waals surface area (Å²) in [5, 5.41) is 9.16. The van der Waals surface area contributed by atoms with Gasteiger partial charge in [0.25, 0.3) is 5.91 Å². The highest BCUT2D eigenvalue weighted by Gasteiger charge is 2.25. The van der Waals surface area contributed by atoms with Gasteiger partial charge in [0.05, 0.1) is 5.92 Å². The smallest absolute Gasteiger partial charge is 0.310 e. The lowest BCUT2D eigenvalue weighted by Crippen LogP contribution is -2.36. The van der Waals surface area contributed by atoms with E-state index in [-0.39, 0.29) is 5.91 Å². The summed E-state index contributed by atoms with van der Waals surface area (Å²) >= 11 is 0. The van der Waals surface area contributed by atoms with Crippen molar-refractivity contribution in [3.8, 4) is 0 Å². The van der Waals surface area contributed by atoms with Gasteiger partial charge in [0, 0.05) is 18.7 Å². The summed E-state index contributed by atoms with van der Waals surface area (Å²) in [7, 11) is 0. The SMILES string of the molecule is CCC(C(=O)O)C1=CCN(C(=O)c2ccccc2)CC1. The van der Waals surface area contributed by atoms with Crippen molar-refractivity contribution in [2.45, 2.75) is 19.8 Å². The Hall–Kier alpha value is -2.10. The molecule has 0 aromatic heterocycles. The van der Waals surface area contributed by atoms with Gasteiger partial charge in [-0.3, -0.25) is 9.59 Å². The molecule has 0 fully saturated rings. The summed E-state index contributed by atoms with van der Waals surface area (Å²) in [6.45, 7) is 2.96. The molecule has 1 aliphatic rings. The van der Waals surface area contributed by atoms with Crippen LogP contribution in [-0.2, 0) is 4.79 Å². The Morgan fingerprint density at radius 1 is 1.30 bits per heavy atom. The molecule has 1 unspecified atom stereocenters. The third kappa shape index (κ3) is 3.07. The number of rotatable bonds is 4. The molecule has 4 heteroatoms. The molecule has 0 bridgehead atoms. The molecular weight excluding hydrogens is 254 g/mol. The highest BCUT2D eigenvalue weighted by atomic mass is 16.4. The number of carboxylic acid groups (broad SMARTS) is 1. The topological polar surface area (TPSA) is 57.6 Å². The summed E-state index contributed by atoms with van der Waals surface area (Å²) in [4.78, 5) is 25.2. The van der Waals surface area contributed by atoms with Crippen LogP contribution in [0.4, 0.5) is 0 Å². The maximum absolute atomic E-state index is 12.3. The van der Waals surface area contributed by atoms with Crippen LogP contribution in [0.25, 0.3) is 0 Å². The Kier molecular flexibility index (Phi) is 4.56. The van der Waals surface area contributed by atoms with Crippen molar-refractivity contribution in [1.82, 2.24) is 4.90 Å². The highest BCUT2D eigenvalue weighted by Crippen LogP contribution is 2.23. The van der Waals surface area contributed by atoms with Crippen molar-refractivity contribution in [3.63, 3.8) is 0 Å². The Balaban J connectivity index is 2.05. The first-order valence-corrected chi connectivity index (χ1v) is 6.89. The van der Waals surface area contributed by atoms with Crippen LogP contribution in [0.1, 0.15) is 30.1 Å². The van der Waals surface area contributed by atoms with Crippen LogP contribution in [0.15, 0.2) is 42.0 Å². The van der Waals surface area contributed by atoms with Crippen LogP contribution in [0, 0.1) is 5.92 Å². The molecule has 1 aromatic rings. The van der Waals surface area contributed by atoms with Gasteiger partial charge in [-0.1, -0.05) is 36.8 Å². The Labute approximate surface area is 118 Å². The molecule has 1 amide bonds. The fourth-order valence-corrected chi connectivity index (χ4v) is 2.54. The minimum atomic E-state index is -0.776. The van der Waals surface area contributed by atoms with Crippen LogP contribution >= 0.6 is 0 Å². The van der Waals surface area contributed by atoms with Gasteiger partial charge < -0.3 is 10.0 Å². The van der Waals surface area contributed by atoms with E-state index in [1.807, 2.05) is 31.2 Å². The number of carbonyl (C=O) groups is 2. The van der Waals surface area contributed by atoms with Gasteiger partial charge in [-0.2, -0.15) is 0 Å². The monoisotopic (exact) mass is 273 g/mol. The number of benzene rings is 1. The maximum atomic E-state index is 12.3. The number of carboxylic acids is 1. The second-order valence-corrected chi connectivity index (χ2v) is 4.95. The molecule has 0 radical (unpaired) electrons. The average molecular weight is 273 g/mol. The van der Waals surface area contributed by atoms with E-state index in [1.54, 1.807) is 17.0 Å². The zero-order valence-corrected chi connectivity index (χ0v) is 11.6. The Morgan fingerprint density at radius 2 is 2.00 bits per heavy atom. The zero-order chi connectivity index (χ0) is 14.5. The quantitative estimate of drug-likeness (QED) is 0.858. The Bertz CT molecular complexity index is 522. The van der Waals surface area contributed by atoms with Crippen LogP contribution in [0.5, 0.6) is 0 Å². The van der Waals surface area contributed by atoms with Crippen LogP contribution in [-0.4, -0.2) is 35.0 Å². The van der Waals surface area contributed by atoms with E-state index in [0.717, 1.165) is 5.57 Å². The Morgan fingerprint density at radius 3 is 2.50 bits per heavy atom. The van der Waals surface area contributed by atoms with E-state index < -0.39 is 11.9 Å². The van der Waals surface area contributed by atoms with E-state index in [2.05, 4.69) is 0 Å². The summed E-state index contributed by atoms with van der Waals surface area (Å²) in [5.74, 6) is -1.19. The van der Waals surface area contributed by atoms with Crippen molar-refractivity contribution in [2.75, 3.05) is 13.1 Å². The molecule has 1 atom stereocenters. The fraction of sp³-hybridized carbons (Fsp3) is 0.375. The number of amides is 1.